The fourth-order valence-electron chi connectivity index (χ4n) is 3.52. The topological polar surface area (TPSA) is 87.5 Å². The van der Waals surface area contributed by atoms with E-state index in [-0.39, 0.29) is 11.8 Å². The molecule has 0 spiro atoms. The lowest BCUT2D eigenvalue weighted by atomic mass is 10.1. The van der Waals surface area contributed by atoms with Crippen LogP contribution in [0.5, 0.6) is 0 Å². The van der Waals surface area contributed by atoms with Gasteiger partial charge in [0.2, 0.25) is 5.91 Å². The van der Waals surface area contributed by atoms with Crippen molar-refractivity contribution < 1.29 is 9.59 Å². The smallest absolute Gasteiger partial charge is 0.251 e. The molecule has 0 bridgehead atoms. The van der Waals surface area contributed by atoms with Crippen molar-refractivity contribution in [2.75, 3.05) is 31.9 Å². The van der Waals surface area contributed by atoms with E-state index in [2.05, 4.69) is 22.8 Å². The Morgan fingerprint density at radius 3 is 2.66 bits per heavy atom. The fraction of sp³-hybridized carbons (Fsp3) is 0.391. The molecule has 6 heteroatoms. The first-order valence-corrected chi connectivity index (χ1v) is 10.3. The summed E-state index contributed by atoms with van der Waals surface area (Å²) in [5.41, 5.74) is 9.50. The number of anilines is 1. The maximum atomic E-state index is 12.3. The Kier molecular flexibility index (Phi) is 7.64. The molecule has 3 rings (SSSR count). The number of hydrogen-bond acceptors (Lipinski definition) is 4. The highest BCUT2D eigenvalue weighted by molar-refractivity contribution is 5.95. The Balaban J connectivity index is 1.38. The first kappa shape index (κ1) is 20.9. The monoisotopic (exact) mass is 394 g/mol. The molecule has 0 unspecified atom stereocenters. The van der Waals surface area contributed by atoms with Gasteiger partial charge in [-0.3, -0.25) is 9.59 Å². The highest BCUT2D eigenvalue weighted by Crippen LogP contribution is 2.15. The molecule has 1 aliphatic heterocycles. The van der Waals surface area contributed by atoms with Crippen molar-refractivity contribution in [2.45, 2.75) is 32.2 Å². The molecule has 1 saturated heterocycles. The van der Waals surface area contributed by atoms with Crippen LogP contribution < -0.4 is 16.4 Å². The summed E-state index contributed by atoms with van der Waals surface area (Å²) >= 11 is 0. The molecule has 2 aromatic carbocycles. The van der Waals surface area contributed by atoms with Gasteiger partial charge in [-0.15, -0.1) is 0 Å². The lowest BCUT2D eigenvalue weighted by molar-refractivity contribution is -0.127. The van der Waals surface area contributed by atoms with Gasteiger partial charge in [0.1, 0.15) is 0 Å². The number of carbonyl (C=O) groups is 2. The quantitative estimate of drug-likeness (QED) is 0.426. The lowest BCUT2D eigenvalue weighted by Gasteiger charge is -2.15. The highest BCUT2D eigenvalue weighted by Gasteiger charge is 2.18. The largest absolute Gasteiger partial charge is 0.398 e. The van der Waals surface area contributed by atoms with Gasteiger partial charge >= 0.3 is 0 Å². The summed E-state index contributed by atoms with van der Waals surface area (Å²) in [6, 6.07) is 15.5. The van der Waals surface area contributed by atoms with Crippen LogP contribution in [0.2, 0.25) is 0 Å². The molecular weight excluding hydrogens is 364 g/mol. The number of nitrogens with one attached hydrogen (secondary N) is 2. The predicted molar refractivity (Wildman–Crippen MR) is 115 cm³/mol. The van der Waals surface area contributed by atoms with Crippen LogP contribution in [0.3, 0.4) is 0 Å². The summed E-state index contributed by atoms with van der Waals surface area (Å²) in [7, 11) is 0. The van der Waals surface area contributed by atoms with Gasteiger partial charge in [-0.05, 0) is 49.1 Å². The van der Waals surface area contributed by atoms with Crippen molar-refractivity contribution in [1.82, 2.24) is 15.5 Å². The molecule has 0 aromatic heterocycles. The SMILES string of the molecule is Nc1cc(C(=O)NCCc2ccccc2)ccc1CNCCCN1CCCC1=O. The van der Waals surface area contributed by atoms with E-state index in [0.717, 1.165) is 44.5 Å². The van der Waals surface area contributed by atoms with Crippen molar-refractivity contribution in [3.05, 3.63) is 65.2 Å². The number of nitrogens with zero attached hydrogens (tertiary/aromatic N) is 1. The molecule has 29 heavy (non-hydrogen) atoms. The van der Waals surface area contributed by atoms with Crippen molar-refractivity contribution in [2.24, 2.45) is 0 Å². The average molecular weight is 395 g/mol. The Hall–Kier alpha value is -2.86. The van der Waals surface area contributed by atoms with E-state index in [1.807, 2.05) is 35.2 Å². The number of carbonyl (C=O) groups excluding carboxylic acids is 2. The minimum Gasteiger partial charge on any atom is -0.398 e. The average Bonchev–Trinajstić information content (AvgIpc) is 3.14. The third kappa shape index (κ3) is 6.32. The Morgan fingerprint density at radius 2 is 1.93 bits per heavy atom. The highest BCUT2D eigenvalue weighted by atomic mass is 16.2. The van der Waals surface area contributed by atoms with Crippen LogP contribution in [-0.2, 0) is 17.8 Å². The molecule has 0 atom stereocenters. The van der Waals surface area contributed by atoms with Crippen LogP contribution >= 0.6 is 0 Å². The van der Waals surface area contributed by atoms with E-state index in [0.29, 0.717) is 30.8 Å². The van der Waals surface area contributed by atoms with Crippen molar-refractivity contribution in [3.63, 3.8) is 0 Å². The number of nitrogen functional groups attached to an aromatic ring is 1. The second-order valence-corrected chi connectivity index (χ2v) is 7.42. The molecule has 2 amide bonds. The summed E-state index contributed by atoms with van der Waals surface area (Å²) in [6.45, 7) is 3.76. The van der Waals surface area contributed by atoms with Gasteiger partial charge in [0.25, 0.3) is 5.91 Å². The normalized spacial score (nSPS) is 13.7. The van der Waals surface area contributed by atoms with Gasteiger partial charge in [-0.1, -0.05) is 36.4 Å². The molecular formula is C23H30N4O2. The number of benzene rings is 2. The maximum absolute atomic E-state index is 12.3. The van der Waals surface area contributed by atoms with E-state index in [1.54, 1.807) is 6.07 Å². The summed E-state index contributed by atoms with van der Waals surface area (Å²) in [6.07, 6.45) is 3.39. The van der Waals surface area contributed by atoms with Crippen LogP contribution in [0, 0.1) is 0 Å². The predicted octanol–water partition coefficient (Wildman–Crippen LogP) is 2.34. The zero-order chi connectivity index (χ0) is 20.5. The third-order valence-electron chi connectivity index (χ3n) is 5.22. The Morgan fingerprint density at radius 1 is 1.10 bits per heavy atom. The molecule has 0 radical (unpaired) electrons. The Labute approximate surface area is 172 Å². The number of hydrogen-bond donors (Lipinski definition) is 3. The molecule has 1 heterocycles. The summed E-state index contributed by atoms with van der Waals surface area (Å²) < 4.78 is 0. The minimum atomic E-state index is -0.109. The standard InChI is InChI=1S/C23H30N4O2/c24-21-16-19(23(29)26-13-11-18-6-2-1-3-7-18)9-10-20(21)17-25-12-5-15-27-14-4-8-22(27)28/h1-3,6-7,9-10,16,25H,4-5,8,11-15,17,24H2,(H,26,29). The summed E-state index contributed by atoms with van der Waals surface area (Å²) in [5.74, 6) is 0.161. The fourth-order valence-corrected chi connectivity index (χ4v) is 3.52. The molecule has 1 aliphatic rings. The first-order valence-electron chi connectivity index (χ1n) is 10.3. The van der Waals surface area contributed by atoms with Gasteiger partial charge in [-0.25, -0.2) is 0 Å². The van der Waals surface area contributed by atoms with Gasteiger partial charge in [0.15, 0.2) is 0 Å². The zero-order valence-corrected chi connectivity index (χ0v) is 16.8. The van der Waals surface area contributed by atoms with Gasteiger partial charge in [0, 0.05) is 43.9 Å². The van der Waals surface area contributed by atoms with E-state index < -0.39 is 0 Å². The van der Waals surface area contributed by atoms with E-state index >= 15 is 0 Å². The molecule has 154 valence electrons. The van der Waals surface area contributed by atoms with Crippen LogP contribution in [0.4, 0.5) is 5.69 Å². The molecule has 0 saturated carbocycles. The van der Waals surface area contributed by atoms with Crippen molar-refractivity contribution in [1.29, 1.82) is 0 Å². The van der Waals surface area contributed by atoms with Gasteiger partial charge in [0.05, 0.1) is 0 Å². The number of nitrogens with two attached hydrogens (primary N) is 1. The van der Waals surface area contributed by atoms with Crippen LogP contribution in [0.25, 0.3) is 0 Å². The number of amides is 2. The molecule has 0 aliphatic carbocycles. The summed E-state index contributed by atoms with van der Waals surface area (Å²) in [4.78, 5) is 25.9. The number of likely N-dealkylation sites (tertiary alicyclic amines) is 1. The molecule has 6 nitrogen and oxygen atoms in total. The summed E-state index contributed by atoms with van der Waals surface area (Å²) in [5, 5.41) is 6.31. The van der Waals surface area contributed by atoms with Crippen molar-refractivity contribution >= 4 is 17.5 Å². The lowest BCUT2D eigenvalue weighted by Crippen LogP contribution is -2.28. The Bertz CT molecular complexity index is 823. The molecule has 4 N–H and O–H groups in total. The van der Waals surface area contributed by atoms with Crippen LogP contribution in [-0.4, -0.2) is 42.9 Å². The van der Waals surface area contributed by atoms with Gasteiger partial charge < -0.3 is 21.3 Å². The van der Waals surface area contributed by atoms with E-state index in [1.165, 1.54) is 5.56 Å². The van der Waals surface area contributed by atoms with Crippen molar-refractivity contribution in [3.8, 4) is 0 Å². The second kappa shape index (κ2) is 10.6. The number of rotatable bonds is 10. The zero-order valence-electron chi connectivity index (χ0n) is 16.8. The molecule has 2 aromatic rings. The third-order valence-corrected chi connectivity index (χ3v) is 5.22. The first-order chi connectivity index (χ1) is 14.1. The second-order valence-electron chi connectivity index (χ2n) is 7.42. The van der Waals surface area contributed by atoms with Crippen LogP contribution in [0.1, 0.15) is 40.7 Å². The maximum Gasteiger partial charge on any atom is 0.251 e. The molecule has 1 fully saturated rings. The van der Waals surface area contributed by atoms with E-state index in [9.17, 15) is 9.59 Å². The van der Waals surface area contributed by atoms with E-state index in [4.69, 9.17) is 5.73 Å². The van der Waals surface area contributed by atoms with Gasteiger partial charge in [-0.2, -0.15) is 0 Å². The minimum absolute atomic E-state index is 0.109. The van der Waals surface area contributed by atoms with Crippen LogP contribution in [0.15, 0.2) is 48.5 Å².